The van der Waals surface area contributed by atoms with Crippen molar-refractivity contribution in [1.29, 1.82) is 0 Å². The zero-order chi connectivity index (χ0) is 44.6. The molecule has 1 aliphatic heterocycles. The molecule has 2 aliphatic rings. The smallest absolute Gasteiger partial charge is 0.164 e. The van der Waals surface area contributed by atoms with Gasteiger partial charge in [0, 0.05) is 44.3 Å². The summed E-state index contributed by atoms with van der Waals surface area (Å²) in [6.45, 7) is 4.70. The van der Waals surface area contributed by atoms with Crippen LogP contribution in [0.4, 0.5) is 17.1 Å². The molecule has 67 heavy (non-hydrogen) atoms. The van der Waals surface area contributed by atoms with Gasteiger partial charge in [-0.25, -0.2) is 15.0 Å². The molecule has 0 saturated carbocycles. The van der Waals surface area contributed by atoms with E-state index in [-0.39, 0.29) is 5.41 Å². The second-order valence-corrected chi connectivity index (χ2v) is 18.1. The first-order valence-electron chi connectivity index (χ1n) is 22.9. The van der Waals surface area contributed by atoms with Crippen molar-refractivity contribution < 1.29 is 0 Å². The Balaban J connectivity index is 0.986. The van der Waals surface area contributed by atoms with Crippen molar-refractivity contribution in [3.8, 4) is 62.1 Å². The van der Waals surface area contributed by atoms with Gasteiger partial charge in [-0.2, -0.15) is 0 Å². The molecule has 3 heterocycles. The zero-order valence-electron chi connectivity index (χ0n) is 37.1. The molecule has 0 amide bonds. The molecule has 2 aromatic heterocycles. The number of benzene rings is 9. The van der Waals surface area contributed by atoms with Crippen LogP contribution < -0.4 is 4.90 Å². The number of para-hydroxylation sites is 2. The maximum Gasteiger partial charge on any atom is 0.164 e. The Bertz CT molecular complexity index is 3720. The van der Waals surface area contributed by atoms with Crippen molar-refractivity contribution in [2.45, 2.75) is 19.3 Å². The predicted octanol–water partition coefficient (Wildman–Crippen LogP) is 15.9. The average Bonchev–Trinajstić information content (AvgIpc) is 3.76. The van der Waals surface area contributed by atoms with Crippen LogP contribution in [0.15, 0.2) is 212 Å². The summed E-state index contributed by atoms with van der Waals surface area (Å²) >= 11 is 0. The summed E-state index contributed by atoms with van der Waals surface area (Å²) in [5.74, 6) is 1.89. The molecule has 0 unspecified atom stereocenters. The second kappa shape index (κ2) is 15.2. The summed E-state index contributed by atoms with van der Waals surface area (Å²) in [7, 11) is 0. The molecule has 13 rings (SSSR count). The van der Waals surface area contributed by atoms with Gasteiger partial charge in [0.25, 0.3) is 0 Å². The molecule has 0 spiro atoms. The summed E-state index contributed by atoms with van der Waals surface area (Å²) in [5.41, 5.74) is 19.3. The van der Waals surface area contributed by atoms with Crippen molar-refractivity contribution in [1.82, 2.24) is 19.5 Å². The van der Waals surface area contributed by atoms with Crippen LogP contribution in [-0.4, -0.2) is 19.5 Å². The van der Waals surface area contributed by atoms with E-state index in [0.717, 1.165) is 56.1 Å². The average molecular weight is 858 g/mol. The molecular weight excluding hydrogens is 815 g/mol. The Morgan fingerprint density at radius 3 is 1.67 bits per heavy atom. The summed E-state index contributed by atoms with van der Waals surface area (Å²) in [5, 5.41) is 2.47. The number of anilines is 3. The SMILES string of the molecule is CC1(C)c2ccccc2-c2cc3c(cc21)C=Cc1cc(-c2ccc4c(c2)c2ccccc2n4-c2ccccc2)ccc1N3c1cccc(-c2nc(-c3ccccc3)nc(-c3ccccc3)n2)c1. The molecule has 5 nitrogen and oxygen atoms in total. The van der Waals surface area contributed by atoms with E-state index in [1.165, 1.54) is 49.6 Å². The van der Waals surface area contributed by atoms with E-state index in [1.807, 2.05) is 36.4 Å². The summed E-state index contributed by atoms with van der Waals surface area (Å²) in [6, 6.07) is 75.9. The van der Waals surface area contributed by atoms with E-state index in [4.69, 9.17) is 15.0 Å². The fourth-order valence-corrected chi connectivity index (χ4v) is 10.5. The van der Waals surface area contributed by atoms with Gasteiger partial charge in [0.1, 0.15) is 0 Å². The highest BCUT2D eigenvalue weighted by molar-refractivity contribution is 6.10. The van der Waals surface area contributed by atoms with E-state index in [1.54, 1.807) is 0 Å². The summed E-state index contributed by atoms with van der Waals surface area (Å²) in [4.78, 5) is 17.7. The number of hydrogen-bond donors (Lipinski definition) is 0. The van der Waals surface area contributed by atoms with Crippen LogP contribution in [0.5, 0.6) is 0 Å². The van der Waals surface area contributed by atoms with Gasteiger partial charge in [-0.3, -0.25) is 0 Å². The number of nitrogens with zero attached hydrogens (tertiary/aromatic N) is 5. The molecule has 5 heteroatoms. The number of fused-ring (bicyclic) bond motifs is 8. The quantitative estimate of drug-likeness (QED) is 0.167. The molecule has 0 N–H and O–H groups in total. The summed E-state index contributed by atoms with van der Waals surface area (Å²) < 4.78 is 2.37. The normalized spacial score (nSPS) is 13.3. The minimum absolute atomic E-state index is 0.139. The van der Waals surface area contributed by atoms with Crippen LogP contribution >= 0.6 is 0 Å². The molecule has 0 radical (unpaired) electrons. The fraction of sp³-hybridized carbons (Fsp3) is 0.0484. The topological polar surface area (TPSA) is 46.8 Å². The van der Waals surface area contributed by atoms with E-state index in [0.29, 0.717) is 17.5 Å². The highest BCUT2D eigenvalue weighted by atomic mass is 15.1. The predicted molar refractivity (Wildman–Crippen MR) is 277 cm³/mol. The molecule has 9 aromatic carbocycles. The molecular formula is C62H43N5. The molecule has 0 saturated heterocycles. The van der Waals surface area contributed by atoms with Crippen molar-refractivity contribution in [2.24, 2.45) is 0 Å². The maximum absolute atomic E-state index is 5.13. The van der Waals surface area contributed by atoms with Crippen LogP contribution in [0.3, 0.4) is 0 Å². The van der Waals surface area contributed by atoms with Crippen molar-refractivity contribution in [3.05, 3.63) is 235 Å². The maximum atomic E-state index is 5.13. The second-order valence-electron chi connectivity index (χ2n) is 18.1. The largest absolute Gasteiger partial charge is 0.309 e. The monoisotopic (exact) mass is 857 g/mol. The lowest BCUT2D eigenvalue weighted by atomic mass is 9.82. The fourth-order valence-electron chi connectivity index (χ4n) is 10.5. The highest BCUT2D eigenvalue weighted by Gasteiger charge is 2.37. The highest BCUT2D eigenvalue weighted by Crippen LogP contribution is 2.53. The van der Waals surface area contributed by atoms with Crippen LogP contribution in [0, 0.1) is 0 Å². The van der Waals surface area contributed by atoms with E-state index in [2.05, 4.69) is 211 Å². The third kappa shape index (κ3) is 6.34. The minimum Gasteiger partial charge on any atom is -0.309 e. The first-order valence-corrected chi connectivity index (χ1v) is 22.9. The Morgan fingerprint density at radius 2 is 0.925 bits per heavy atom. The van der Waals surface area contributed by atoms with Gasteiger partial charge in [0.15, 0.2) is 17.5 Å². The van der Waals surface area contributed by atoms with Crippen LogP contribution in [0.25, 0.3) is 96.1 Å². The molecule has 11 aromatic rings. The van der Waals surface area contributed by atoms with Gasteiger partial charge in [-0.15, -0.1) is 0 Å². The lowest BCUT2D eigenvalue weighted by Crippen LogP contribution is -2.16. The Kier molecular flexibility index (Phi) is 8.80. The van der Waals surface area contributed by atoms with Gasteiger partial charge < -0.3 is 9.47 Å². The zero-order valence-corrected chi connectivity index (χ0v) is 37.1. The van der Waals surface area contributed by atoms with E-state index < -0.39 is 0 Å². The van der Waals surface area contributed by atoms with E-state index >= 15 is 0 Å². The van der Waals surface area contributed by atoms with Gasteiger partial charge in [0.05, 0.1) is 22.4 Å². The third-order valence-corrected chi connectivity index (χ3v) is 13.8. The first-order chi connectivity index (χ1) is 33.0. The Hall–Kier alpha value is -8.67. The van der Waals surface area contributed by atoms with Crippen molar-refractivity contribution in [2.75, 3.05) is 4.90 Å². The number of aromatic nitrogens is 4. The lowest BCUT2D eigenvalue weighted by molar-refractivity contribution is 0.660. The standard InChI is InChI=1S/C62H43N5/c1-62(2)53-27-14-12-25-49(53)51-39-58-45(38-54(51)62)30-29-44-35-42(43-32-34-57-52(37-43)50-26-13-15-28-56(50)66(57)47-22-10-5-11-23-47)31-33-55(44)67(58)48-24-16-21-46(36-48)61-64-59(40-17-6-3-7-18-40)63-60(65-61)41-19-8-4-9-20-41/h3-39H,1-2H3. The first kappa shape index (κ1) is 38.8. The Labute approximate surface area is 389 Å². The van der Waals surface area contributed by atoms with Crippen LogP contribution in [0.1, 0.15) is 36.1 Å². The Morgan fingerprint density at radius 1 is 0.358 bits per heavy atom. The van der Waals surface area contributed by atoms with Gasteiger partial charge in [-0.05, 0) is 111 Å². The van der Waals surface area contributed by atoms with Crippen molar-refractivity contribution >= 4 is 51.0 Å². The molecule has 0 bridgehead atoms. The minimum atomic E-state index is -0.139. The van der Waals surface area contributed by atoms with Crippen LogP contribution in [0.2, 0.25) is 0 Å². The van der Waals surface area contributed by atoms with Gasteiger partial charge >= 0.3 is 0 Å². The van der Waals surface area contributed by atoms with E-state index in [9.17, 15) is 0 Å². The van der Waals surface area contributed by atoms with Gasteiger partial charge in [-0.1, -0.05) is 172 Å². The molecule has 0 fully saturated rings. The molecule has 0 atom stereocenters. The summed E-state index contributed by atoms with van der Waals surface area (Å²) in [6.07, 6.45) is 4.61. The number of rotatable bonds is 6. The molecule has 316 valence electrons. The van der Waals surface area contributed by atoms with Gasteiger partial charge in [0.2, 0.25) is 0 Å². The molecule has 1 aliphatic carbocycles. The number of hydrogen-bond acceptors (Lipinski definition) is 4. The van der Waals surface area contributed by atoms with Crippen molar-refractivity contribution in [3.63, 3.8) is 0 Å². The lowest BCUT2D eigenvalue weighted by Gasteiger charge is -2.29. The third-order valence-electron chi connectivity index (χ3n) is 13.8. The van der Waals surface area contributed by atoms with Crippen LogP contribution in [-0.2, 0) is 5.41 Å².